The molecule has 29 heavy (non-hydrogen) atoms. The van der Waals surface area contributed by atoms with E-state index in [1.54, 1.807) is 36.4 Å². The van der Waals surface area contributed by atoms with Crippen molar-refractivity contribution in [3.63, 3.8) is 0 Å². The Kier molecular flexibility index (Phi) is 6.22. The van der Waals surface area contributed by atoms with Crippen LogP contribution in [0.25, 0.3) is 0 Å². The zero-order valence-corrected chi connectivity index (χ0v) is 17.2. The molecule has 0 fully saturated rings. The van der Waals surface area contributed by atoms with Crippen LogP contribution in [0, 0.1) is 0 Å². The Bertz CT molecular complexity index is 1020. The first-order chi connectivity index (χ1) is 13.8. The van der Waals surface area contributed by atoms with Gasteiger partial charge in [-0.3, -0.25) is 9.59 Å². The third kappa shape index (κ3) is 4.95. The lowest BCUT2D eigenvalue weighted by Crippen LogP contribution is -2.45. The van der Waals surface area contributed by atoms with Crippen LogP contribution in [0.3, 0.4) is 0 Å². The molecule has 154 valence electrons. The van der Waals surface area contributed by atoms with E-state index in [2.05, 4.69) is 5.32 Å². The molecule has 1 aliphatic rings. The van der Waals surface area contributed by atoms with Gasteiger partial charge in [0.25, 0.3) is 5.91 Å². The minimum Gasteiger partial charge on any atom is -0.492 e. The van der Waals surface area contributed by atoms with Crippen molar-refractivity contribution >= 4 is 27.3 Å². The van der Waals surface area contributed by atoms with Gasteiger partial charge in [-0.25, -0.2) is 8.42 Å². The Hall–Kier alpha value is -2.87. The Morgan fingerprint density at radius 3 is 2.55 bits per heavy atom. The average Bonchev–Trinajstić information content (AvgIpc) is 3.00. The van der Waals surface area contributed by atoms with Gasteiger partial charge in [0.15, 0.2) is 0 Å². The molecule has 7 nitrogen and oxygen atoms in total. The van der Waals surface area contributed by atoms with E-state index in [0.29, 0.717) is 23.6 Å². The van der Waals surface area contributed by atoms with Crippen LogP contribution in [0.2, 0.25) is 0 Å². The highest BCUT2D eigenvalue weighted by Gasteiger charge is 2.36. The van der Waals surface area contributed by atoms with Gasteiger partial charge in [0.2, 0.25) is 5.91 Å². The number of carbonyl (C=O) groups excluding carboxylic acids is 2. The van der Waals surface area contributed by atoms with E-state index < -0.39 is 21.8 Å². The molecule has 1 heterocycles. The predicted octanol–water partition coefficient (Wildman–Crippen LogP) is 2.48. The molecule has 0 radical (unpaired) electrons. The third-order valence-electron chi connectivity index (χ3n) is 4.74. The first kappa shape index (κ1) is 20.9. The van der Waals surface area contributed by atoms with Crippen LogP contribution in [-0.4, -0.2) is 49.8 Å². The van der Waals surface area contributed by atoms with Gasteiger partial charge < -0.3 is 15.0 Å². The van der Waals surface area contributed by atoms with Crippen molar-refractivity contribution in [2.24, 2.45) is 0 Å². The molecule has 1 atom stereocenters. The number of nitrogens with one attached hydrogen (secondary N) is 1. The number of nitrogens with zero attached hydrogens (tertiary/aromatic N) is 1. The third-order valence-corrected chi connectivity index (χ3v) is 5.71. The summed E-state index contributed by atoms with van der Waals surface area (Å²) in [7, 11) is -3.30. The number of hydrogen-bond donors (Lipinski definition) is 1. The number of carbonyl (C=O) groups is 2. The lowest BCUT2D eigenvalue weighted by molar-refractivity contribution is -0.120. The van der Waals surface area contributed by atoms with E-state index in [-0.39, 0.29) is 24.6 Å². The lowest BCUT2D eigenvalue weighted by Gasteiger charge is -2.27. The smallest absolute Gasteiger partial charge is 0.255 e. The number of hydrogen-bond acceptors (Lipinski definition) is 5. The van der Waals surface area contributed by atoms with E-state index >= 15 is 0 Å². The number of sulfone groups is 1. The lowest BCUT2D eigenvalue weighted by atomic mass is 10.1. The molecule has 1 aliphatic heterocycles. The van der Waals surface area contributed by atoms with E-state index in [1.807, 2.05) is 19.1 Å². The average molecular weight is 416 g/mol. The fraction of sp³-hybridized carbons (Fsp3) is 0.333. The number of amides is 2. The Morgan fingerprint density at radius 1 is 1.17 bits per heavy atom. The topological polar surface area (TPSA) is 92.8 Å². The fourth-order valence-electron chi connectivity index (χ4n) is 3.35. The SMILES string of the molecule is CCOc1ccccc1NC(=O)[C@@H](CCS(C)(=O)=O)N1Cc2ccccc2C1=O. The molecule has 0 saturated carbocycles. The van der Waals surface area contributed by atoms with Gasteiger partial charge in [-0.15, -0.1) is 0 Å². The van der Waals surface area contributed by atoms with E-state index in [4.69, 9.17) is 4.74 Å². The maximum absolute atomic E-state index is 13.1. The monoisotopic (exact) mass is 416 g/mol. The van der Waals surface area contributed by atoms with Gasteiger partial charge in [0.05, 0.1) is 18.0 Å². The van der Waals surface area contributed by atoms with Gasteiger partial charge in [0.1, 0.15) is 21.6 Å². The maximum atomic E-state index is 13.1. The van der Waals surface area contributed by atoms with E-state index in [9.17, 15) is 18.0 Å². The Morgan fingerprint density at radius 2 is 1.86 bits per heavy atom. The second-order valence-corrected chi connectivity index (χ2v) is 9.20. The minimum absolute atomic E-state index is 0.0151. The quantitative estimate of drug-likeness (QED) is 0.714. The molecule has 2 aromatic rings. The molecule has 0 saturated heterocycles. The molecule has 0 spiro atoms. The van der Waals surface area contributed by atoms with Crippen LogP contribution in [-0.2, 0) is 21.2 Å². The first-order valence-electron chi connectivity index (χ1n) is 9.39. The van der Waals surface area contributed by atoms with Gasteiger partial charge in [-0.05, 0) is 37.1 Å². The number of para-hydroxylation sites is 2. The zero-order valence-electron chi connectivity index (χ0n) is 16.4. The summed E-state index contributed by atoms with van der Waals surface area (Å²) in [5.41, 5.74) is 1.84. The van der Waals surface area contributed by atoms with Gasteiger partial charge in [-0.2, -0.15) is 0 Å². The maximum Gasteiger partial charge on any atom is 0.255 e. The second kappa shape index (κ2) is 8.65. The van der Waals surface area contributed by atoms with Crippen LogP contribution < -0.4 is 10.1 Å². The molecule has 1 N–H and O–H groups in total. The highest BCUT2D eigenvalue weighted by Crippen LogP contribution is 2.28. The van der Waals surface area contributed by atoms with Crippen molar-refractivity contribution in [1.82, 2.24) is 4.90 Å². The summed E-state index contributed by atoms with van der Waals surface area (Å²) in [5.74, 6) is -0.395. The van der Waals surface area contributed by atoms with Gasteiger partial charge in [0, 0.05) is 18.4 Å². The summed E-state index contributed by atoms with van der Waals surface area (Å²) in [6.07, 6.45) is 1.13. The molecule has 0 bridgehead atoms. The summed E-state index contributed by atoms with van der Waals surface area (Å²) in [5, 5.41) is 2.80. The van der Waals surface area contributed by atoms with Crippen molar-refractivity contribution in [1.29, 1.82) is 0 Å². The van der Waals surface area contributed by atoms with Gasteiger partial charge >= 0.3 is 0 Å². The van der Waals surface area contributed by atoms with Crippen LogP contribution in [0.5, 0.6) is 5.75 Å². The fourth-order valence-corrected chi connectivity index (χ4v) is 4.00. The standard InChI is InChI=1S/C21H24N2O5S/c1-3-28-19-11-7-6-10-17(19)22-20(24)18(12-13-29(2,26)27)23-14-15-8-4-5-9-16(15)21(23)25/h4-11,18H,3,12-14H2,1-2H3,(H,22,24)/t18-/m1/s1. The van der Waals surface area contributed by atoms with Crippen LogP contribution in [0.4, 0.5) is 5.69 Å². The Labute approximate surface area is 170 Å². The summed E-state index contributed by atoms with van der Waals surface area (Å²) in [6.45, 7) is 2.54. The van der Waals surface area contributed by atoms with Crippen molar-refractivity contribution < 1.29 is 22.7 Å². The first-order valence-corrected chi connectivity index (χ1v) is 11.5. The van der Waals surface area contributed by atoms with E-state index in [1.165, 1.54) is 4.90 Å². The minimum atomic E-state index is -3.30. The molecule has 0 aliphatic carbocycles. The number of anilines is 1. The zero-order chi connectivity index (χ0) is 21.0. The number of benzene rings is 2. The largest absolute Gasteiger partial charge is 0.492 e. The normalized spacial score (nSPS) is 14.4. The van der Waals surface area contributed by atoms with Crippen molar-refractivity contribution in [3.05, 3.63) is 59.7 Å². The Balaban J connectivity index is 1.86. The van der Waals surface area contributed by atoms with Crippen molar-refractivity contribution in [3.8, 4) is 5.75 Å². The molecule has 2 aromatic carbocycles. The second-order valence-electron chi connectivity index (χ2n) is 6.94. The molecule has 2 amide bonds. The predicted molar refractivity (Wildman–Crippen MR) is 111 cm³/mol. The highest BCUT2D eigenvalue weighted by atomic mass is 32.2. The molecule has 8 heteroatoms. The van der Waals surface area contributed by atoms with Crippen molar-refractivity contribution in [2.45, 2.75) is 25.9 Å². The number of fused-ring (bicyclic) bond motifs is 1. The molecule has 0 unspecified atom stereocenters. The number of rotatable bonds is 8. The van der Waals surface area contributed by atoms with Crippen molar-refractivity contribution in [2.75, 3.05) is 23.9 Å². The molecule has 0 aromatic heterocycles. The molecule has 3 rings (SSSR count). The van der Waals surface area contributed by atoms with Crippen LogP contribution in [0.1, 0.15) is 29.3 Å². The summed E-state index contributed by atoms with van der Waals surface area (Å²) in [4.78, 5) is 27.4. The number of ether oxygens (including phenoxy) is 1. The van der Waals surface area contributed by atoms with Crippen LogP contribution >= 0.6 is 0 Å². The van der Waals surface area contributed by atoms with Crippen LogP contribution in [0.15, 0.2) is 48.5 Å². The highest BCUT2D eigenvalue weighted by molar-refractivity contribution is 7.90. The summed E-state index contributed by atoms with van der Waals surface area (Å²) >= 11 is 0. The molecular formula is C21H24N2O5S. The van der Waals surface area contributed by atoms with E-state index in [0.717, 1.165) is 11.8 Å². The summed E-state index contributed by atoms with van der Waals surface area (Å²) in [6, 6.07) is 13.2. The molecular weight excluding hydrogens is 392 g/mol. The summed E-state index contributed by atoms with van der Waals surface area (Å²) < 4.78 is 29.0. The van der Waals surface area contributed by atoms with Gasteiger partial charge in [-0.1, -0.05) is 30.3 Å².